The minimum absolute atomic E-state index is 0.102. The molecular formula is C10H12F3N3. The van der Waals surface area contributed by atoms with Gasteiger partial charge in [0.1, 0.15) is 17.7 Å². The average molecular weight is 231 g/mol. The average Bonchev–Trinajstić information content (AvgIpc) is 2.70. The molecule has 1 aromatic heterocycles. The summed E-state index contributed by atoms with van der Waals surface area (Å²) in [5, 5.41) is 2.84. The van der Waals surface area contributed by atoms with Crippen molar-refractivity contribution < 1.29 is 13.2 Å². The first-order chi connectivity index (χ1) is 7.57. The molecule has 1 heterocycles. The topological polar surface area (TPSA) is 37.8 Å². The summed E-state index contributed by atoms with van der Waals surface area (Å²) in [4.78, 5) is 7.08. The number of hydrogen-bond acceptors (Lipinski definition) is 3. The maximum absolute atomic E-state index is 12.6. The SMILES string of the molecule is FC(F)(F)c1cncnc1NC1CCCC1. The van der Waals surface area contributed by atoms with Crippen LogP contribution in [0.3, 0.4) is 0 Å². The van der Waals surface area contributed by atoms with Gasteiger partial charge < -0.3 is 5.32 Å². The summed E-state index contributed by atoms with van der Waals surface area (Å²) in [5.74, 6) is -0.102. The van der Waals surface area contributed by atoms with Crippen LogP contribution in [0.25, 0.3) is 0 Å². The molecule has 0 spiro atoms. The second kappa shape index (κ2) is 4.27. The molecule has 88 valence electrons. The number of alkyl halides is 3. The Balaban J connectivity index is 2.19. The van der Waals surface area contributed by atoms with E-state index in [4.69, 9.17) is 0 Å². The first-order valence-corrected chi connectivity index (χ1v) is 5.21. The molecule has 1 saturated carbocycles. The Hall–Kier alpha value is -1.33. The van der Waals surface area contributed by atoms with Crippen molar-refractivity contribution in [3.8, 4) is 0 Å². The lowest BCUT2D eigenvalue weighted by molar-refractivity contribution is -0.137. The smallest absolute Gasteiger partial charge is 0.367 e. The molecule has 1 N–H and O–H groups in total. The van der Waals surface area contributed by atoms with Crippen molar-refractivity contribution in [1.29, 1.82) is 0 Å². The zero-order valence-electron chi connectivity index (χ0n) is 8.59. The van der Waals surface area contributed by atoms with E-state index >= 15 is 0 Å². The quantitative estimate of drug-likeness (QED) is 0.850. The highest BCUT2D eigenvalue weighted by molar-refractivity contribution is 5.44. The molecule has 0 aliphatic heterocycles. The van der Waals surface area contributed by atoms with Crippen molar-refractivity contribution >= 4 is 5.82 Å². The van der Waals surface area contributed by atoms with Crippen LogP contribution in [-0.2, 0) is 6.18 Å². The molecule has 0 aromatic carbocycles. The third-order valence-electron chi connectivity index (χ3n) is 2.71. The summed E-state index contributed by atoms with van der Waals surface area (Å²) in [6.45, 7) is 0. The van der Waals surface area contributed by atoms with Crippen molar-refractivity contribution in [2.75, 3.05) is 5.32 Å². The van der Waals surface area contributed by atoms with Gasteiger partial charge in [-0.15, -0.1) is 0 Å². The van der Waals surface area contributed by atoms with Crippen LogP contribution in [0.1, 0.15) is 31.2 Å². The molecule has 0 radical (unpaired) electrons. The molecule has 2 rings (SSSR count). The van der Waals surface area contributed by atoms with Crippen LogP contribution in [0.2, 0.25) is 0 Å². The number of anilines is 1. The van der Waals surface area contributed by atoms with E-state index in [9.17, 15) is 13.2 Å². The van der Waals surface area contributed by atoms with Crippen LogP contribution in [0, 0.1) is 0 Å². The van der Waals surface area contributed by atoms with Crippen LogP contribution < -0.4 is 5.32 Å². The zero-order chi connectivity index (χ0) is 11.6. The van der Waals surface area contributed by atoms with Gasteiger partial charge in [0.15, 0.2) is 0 Å². The van der Waals surface area contributed by atoms with Gasteiger partial charge in [0, 0.05) is 12.2 Å². The molecule has 6 heteroatoms. The van der Waals surface area contributed by atoms with Gasteiger partial charge in [-0.2, -0.15) is 13.2 Å². The Morgan fingerprint density at radius 2 is 1.94 bits per heavy atom. The first kappa shape index (κ1) is 11.2. The summed E-state index contributed by atoms with van der Waals surface area (Å²) in [5.41, 5.74) is -0.790. The summed E-state index contributed by atoms with van der Waals surface area (Å²) in [6.07, 6.45) is 1.47. The molecular weight excluding hydrogens is 219 g/mol. The lowest BCUT2D eigenvalue weighted by Gasteiger charge is -2.16. The monoisotopic (exact) mass is 231 g/mol. The molecule has 0 atom stereocenters. The molecule has 1 aliphatic carbocycles. The van der Waals surface area contributed by atoms with Crippen molar-refractivity contribution in [2.24, 2.45) is 0 Å². The molecule has 3 nitrogen and oxygen atoms in total. The largest absolute Gasteiger partial charge is 0.421 e. The number of rotatable bonds is 2. The van der Waals surface area contributed by atoms with Crippen LogP contribution in [0.4, 0.5) is 19.0 Å². The lowest BCUT2D eigenvalue weighted by Crippen LogP contribution is -2.20. The van der Waals surface area contributed by atoms with E-state index in [0.29, 0.717) is 0 Å². The Labute approximate surface area is 91.1 Å². The van der Waals surface area contributed by atoms with Crippen LogP contribution in [0.5, 0.6) is 0 Å². The standard InChI is InChI=1S/C10H12F3N3/c11-10(12,13)8-5-14-6-15-9(8)16-7-3-1-2-4-7/h5-7H,1-4H2,(H,14,15,16). The Morgan fingerprint density at radius 1 is 1.25 bits per heavy atom. The van der Waals surface area contributed by atoms with Gasteiger partial charge in [-0.3, -0.25) is 0 Å². The van der Waals surface area contributed by atoms with Crippen LogP contribution in [-0.4, -0.2) is 16.0 Å². The van der Waals surface area contributed by atoms with E-state index in [1.165, 1.54) is 0 Å². The van der Waals surface area contributed by atoms with Gasteiger partial charge in [-0.05, 0) is 12.8 Å². The molecule has 1 fully saturated rings. The normalized spacial score (nSPS) is 17.7. The van der Waals surface area contributed by atoms with Crippen molar-refractivity contribution in [3.63, 3.8) is 0 Å². The predicted octanol–water partition coefficient (Wildman–Crippen LogP) is 2.85. The van der Waals surface area contributed by atoms with E-state index in [0.717, 1.165) is 38.2 Å². The van der Waals surface area contributed by atoms with Gasteiger partial charge in [0.05, 0.1) is 0 Å². The van der Waals surface area contributed by atoms with Crippen molar-refractivity contribution in [1.82, 2.24) is 9.97 Å². The summed E-state index contributed by atoms with van der Waals surface area (Å²) in [6, 6.07) is 0.107. The minimum atomic E-state index is -4.40. The number of hydrogen-bond donors (Lipinski definition) is 1. The maximum atomic E-state index is 12.6. The number of aromatic nitrogens is 2. The molecule has 0 saturated heterocycles. The van der Waals surface area contributed by atoms with Crippen molar-refractivity contribution in [3.05, 3.63) is 18.1 Å². The summed E-state index contributed by atoms with van der Waals surface area (Å²) < 4.78 is 37.8. The van der Waals surface area contributed by atoms with E-state index in [2.05, 4.69) is 15.3 Å². The molecule has 1 aromatic rings. The highest BCUT2D eigenvalue weighted by Gasteiger charge is 2.35. The van der Waals surface area contributed by atoms with Gasteiger partial charge in [-0.1, -0.05) is 12.8 Å². The van der Waals surface area contributed by atoms with Gasteiger partial charge in [-0.25, -0.2) is 9.97 Å². The second-order valence-electron chi connectivity index (χ2n) is 3.91. The molecule has 16 heavy (non-hydrogen) atoms. The Bertz CT molecular complexity index is 359. The Kier molecular flexibility index (Phi) is 2.98. The lowest BCUT2D eigenvalue weighted by atomic mass is 10.2. The van der Waals surface area contributed by atoms with Gasteiger partial charge >= 0.3 is 6.18 Å². The second-order valence-corrected chi connectivity index (χ2v) is 3.91. The minimum Gasteiger partial charge on any atom is -0.367 e. The number of halogens is 3. The highest BCUT2D eigenvalue weighted by atomic mass is 19.4. The number of nitrogens with zero attached hydrogens (tertiary/aromatic N) is 2. The summed E-state index contributed by atoms with van der Waals surface area (Å²) >= 11 is 0. The van der Waals surface area contributed by atoms with Crippen molar-refractivity contribution in [2.45, 2.75) is 37.9 Å². The van der Waals surface area contributed by atoms with Crippen LogP contribution in [0.15, 0.2) is 12.5 Å². The third-order valence-corrected chi connectivity index (χ3v) is 2.71. The fourth-order valence-electron chi connectivity index (χ4n) is 1.92. The maximum Gasteiger partial charge on any atom is 0.421 e. The van der Waals surface area contributed by atoms with E-state index in [1.807, 2.05) is 0 Å². The molecule has 0 bridgehead atoms. The fraction of sp³-hybridized carbons (Fsp3) is 0.600. The fourth-order valence-corrected chi connectivity index (χ4v) is 1.92. The zero-order valence-corrected chi connectivity index (χ0v) is 8.59. The van der Waals surface area contributed by atoms with Gasteiger partial charge in [0.25, 0.3) is 0 Å². The van der Waals surface area contributed by atoms with Gasteiger partial charge in [0.2, 0.25) is 0 Å². The molecule has 0 amide bonds. The van der Waals surface area contributed by atoms with E-state index in [-0.39, 0.29) is 11.9 Å². The molecule has 1 aliphatic rings. The van der Waals surface area contributed by atoms with E-state index < -0.39 is 11.7 Å². The Morgan fingerprint density at radius 3 is 2.56 bits per heavy atom. The first-order valence-electron chi connectivity index (χ1n) is 5.21. The number of nitrogens with one attached hydrogen (secondary N) is 1. The summed E-state index contributed by atoms with van der Waals surface area (Å²) in [7, 11) is 0. The van der Waals surface area contributed by atoms with E-state index in [1.54, 1.807) is 0 Å². The third kappa shape index (κ3) is 2.43. The van der Waals surface area contributed by atoms with Crippen LogP contribution >= 0.6 is 0 Å². The molecule has 0 unspecified atom stereocenters. The highest BCUT2D eigenvalue weighted by Crippen LogP contribution is 2.34. The predicted molar refractivity (Wildman–Crippen MR) is 52.9 cm³/mol.